The van der Waals surface area contributed by atoms with E-state index in [1.807, 2.05) is 54.6 Å². The number of rotatable bonds is 8. The molecule has 5 heteroatoms. The van der Waals surface area contributed by atoms with Gasteiger partial charge in [-0.25, -0.2) is 4.39 Å². The van der Waals surface area contributed by atoms with Crippen LogP contribution in [0.2, 0.25) is 0 Å². The van der Waals surface area contributed by atoms with Gasteiger partial charge in [0.1, 0.15) is 24.0 Å². The predicted molar refractivity (Wildman–Crippen MR) is 117 cm³/mol. The van der Waals surface area contributed by atoms with E-state index in [4.69, 9.17) is 4.74 Å². The van der Waals surface area contributed by atoms with Gasteiger partial charge < -0.3 is 14.4 Å². The van der Waals surface area contributed by atoms with Crippen LogP contribution in [0.25, 0.3) is 0 Å². The molecule has 1 aliphatic heterocycles. The van der Waals surface area contributed by atoms with Crippen LogP contribution in [-0.4, -0.2) is 11.7 Å². The van der Waals surface area contributed by atoms with E-state index < -0.39 is 0 Å². The van der Waals surface area contributed by atoms with Gasteiger partial charge in [-0.3, -0.25) is 4.79 Å². The summed E-state index contributed by atoms with van der Waals surface area (Å²) in [5, 5.41) is 0. The van der Waals surface area contributed by atoms with Crippen LogP contribution in [0.1, 0.15) is 36.9 Å². The lowest BCUT2D eigenvalue weighted by molar-refractivity contribution is -0.131. The molecule has 0 aliphatic carbocycles. The van der Waals surface area contributed by atoms with Crippen LogP contribution >= 0.6 is 0 Å². The van der Waals surface area contributed by atoms with Crippen molar-refractivity contribution in [2.24, 2.45) is 5.92 Å². The van der Waals surface area contributed by atoms with E-state index in [-0.39, 0.29) is 29.5 Å². The molecule has 1 aliphatic rings. The summed E-state index contributed by atoms with van der Waals surface area (Å²) in [7, 11) is 0. The number of hydrogen-bond acceptors (Lipinski definition) is 3. The third-order valence-corrected chi connectivity index (χ3v) is 5.60. The molecule has 31 heavy (non-hydrogen) atoms. The van der Waals surface area contributed by atoms with Crippen LogP contribution in [0.5, 0.6) is 5.75 Å². The van der Waals surface area contributed by atoms with Gasteiger partial charge in [0, 0.05) is 12.1 Å². The fourth-order valence-corrected chi connectivity index (χ4v) is 3.96. The number of hydrogen-bond donors (Lipinski definition) is 0. The molecule has 0 N–H and O–H groups in total. The molecule has 0 saturated carbocycles. The largest absolute Gasteiger partial charge is 0.489 e. The lowest BCUT2D eigenvalue weighted by Gasteiger charge is -2.47. The molecular weight excluding hydrogens is 393 g/mol. The Morgan fingerprint density at radius 2 is 1.65 bits per heavy atom. The second-order valence-corrected chi connectivity index (χ2v) is 7.82. The first-order valence-electron chi connectivity index (χ1n) is 10.4. The van der Waals surface area contributed by atoms with E-state index in [9.17, 15) is 14.0 Å². The maximum Gasteiger partial charge on any atom is 0.233 e. The van der Waals surface area contributed by atoms with Gasteiger partial charge in [0.25, 0.3) is 0 Å². The van der Waals surface area contributed by atoms with E-state index >= 15 is 0 Å². The molecule has 158 valence electrons. The topological polar surface area (TPSA) is 46.6 Å². The quantitative estimate of drug-likeness (QED) is 0.456. The molecule has 1 amide bonds. The standard InChI is InChI=1S/C26H24FNO3/c1-18(29)7-16-24-25(28(26(24)30)22-12-10-21(27)11-13-22)20-8-14-23(15-9-20)31-17-19-5-3-2-4-6-19/h2-6,8-15,24-25H,7,16-17H2,1H3/t24-,25-/m1/s1. The van der Waals surface area contributed by atoms with Crippen molar-refractivity contribution in [2.45, 2.75) is 32.4 Å². The molecule has 4 rings (SSSR count). The average molecular weight is 417 g/mol. The highest BCUT2D eigenvalue weighted by Crippen LogP contribution is 2.45. The van der Waals surface area contributed by atoms with Crippen LogP contribution in [0.3, 0.4) is 0 Å². The second kappa shape index (κ2) is 9.13. The van der Waals surface area contributed by atoms with Gasteiger partial charge in [-0.2, -0.15) is 0 Å². The summed E-state index contributed by atoms with van der Waals surface area (Å²) in [5.74, 6) is 0.150. The Kier molecular flexibility index (Phi) is 6.12. The fourth-order valence-electron chi connectivity index (χ4n) is 3.96. The Balaban J connectivity index is 1.53. The monoisotopic (exact) mass is 417 g/mol. The van der Waals surface area contributed by atoms with E-state index in [1.165, 1.54) is 19.1 Å². The highest BCUT2D eigenvalue weighted by molar-refractivity contribution is 6.03. The summed E-state index contributed by atoms with van der Waals surface area (Å²) in [4.78, 5) is 26.0. The molecule has 0 aromatic heterocycles. The number of carbonyl (C=O) groups is 2. The molecule has 1 fully saturated rings. The summed E-state index contributed by atoms with van der Waals surface area (Å²) in [6, 6.07) is 23.4. The first-order chi connectivity index (χ1) is 15.0. The van der Waals surface area contributed by atoms with Gasteiger partial charge in [0.2, 0.25) is 5.91 Å². The molecule has 4 nitrogen and oxygen atoms in total. The van der Waals surface area contributed by atoms with Crippen molar-refractivity contribution in [1.82, 2.24) is 0 Å². The summed E-state index contributed by atoms with van der Waals surface area (Å²) < 4.78 is 19.2. The molecule has 3 aromatic rings. The third kappa shape index (κ3) is 4.66. The van der Waals surface area contributed by atoms with Gasteiger partial charge in [0.05, 0.1) is 12.0 Å². The molecule has 1 saturated heterocycles. The van der Waals surface area contributed by atoms with Crippen LogP contribution in [0.4, 0.5) is 10.1 Å². The number of carbonyl (C=O) groups excluding carboxylic acids is 2. The Morgan fingerprint density at radius 1 is 0.968 bits per heavy atom. The Labute approximate surface area is 181 Å². The smallest absolute Gasteiger partial charge is 0.233 e. The lowest BCUT2D eigenvalue weighted by atomic mass is 9.78. The van der Waals surface area contributed by atoms with Crippen molar-refractivity contribution in [2.75, 3.05) is 4.90 Å². The number of benzene rings is 3. The first kappa shape index (κ1) is 20.8. The zero-order chi connectivity index (χ0) is 21.8. The van der Waals surface area contributed by atoms with Gasteiger partial charge in [-0.05, 0) is 60.9 Å². The third-order valence-electron chi connectivity index (χ3n) is 5.60. The van der Waals surface area contributed by atoms with Crippen molar-refractivity contribution in [3.63, 3.8) is 0 Å². The van der Waals surface area contributed by atoms with Crippen molar-refractivity contribution >= 4 is 17.4 Å². The maximum absolute atomic E-state index is 13.4. The Morgan fingerprint density at radius 3 is 2.29 bits per heavy atom. The van der Waals surface area contributed by atoms with Crippen LogP contribution in [-0.2, 0) is 16.2 Å². The molecule has 0 bridgehead atoms. The average Bonchev–Trinajstić information content (AvgIpc) is 2.78. The zero-order valence-electron chi connectivity index (χ0n) is 17.3. The van der Waals surface area contributed by atoms with E-state index in [0.717, 1.165) is 16.9 Å². The van der Waals surface area contributed by atoms with Gasteiger partial charge in [-0.1, -0.05) is 42.5 Å². The fraction of sp³-hybridized carbons (Fsp3) is 0.231. The molecule has 2 atom stereocenters. The minimum Gasteiger partial charge on any atom is -0.489 e. The van der Waals surface area contributed by atoms with E-state index in [2.05, 4.69) is 0 Å². The minimum absolute atomic E-state index is 0.0396. The maximum atomic E-state index is 13.4. The number of halogens is 1. The van der Waals surface area contributed by atoms with E-state index in [0.29, 0.717) is 25.1 Å². The molecule has 1 heterocycles. The molecular formula is C26H24FNO3. The van der Waals surface area contributed by atoms with Crippen molar-refractivity contribution < 1.29 is 18.7 Å². The summed E-state index contributed by atoms with van der Waals surface area (Å²) in [6.45, 7) is 2.01. The molecule has 0 radical (unpaired) electrons. The predicted octanol–water partition coefficient (Wildman–Crippen LogP) is 5.48. The van der Waals surface area contributed by atoms with Crippen LogP contribution in [0, 0.1) is 11.7 Å². The van der Waals surface area contributed by atoms with Gasteiger partial charge >= 0.3 is 0 Å². The number of Topliss-reactive ketones (excluding diaryl/α,β-unsaturated/α-hetero) is 1. The van der Waals surface area contributed by atoms with Crippen LogP contribution < -0.4 is 9.64 Å². The Bertz CT molecular complexity index is 1050. The lowest BCUT2D eigenvalue weighted by Crippen LogP contribution is -2.55. The van der Waals surface area contributed by atoms with E-state index in [1.54, 1.807) is 17.0 Å². The SMILES string of the molecule is CC(=O)CC[C@H]1C(=O)N(c2ccc(F)cc2)[C@@H]1c1ccc(OCc2ccccc2)cc1. The number of amides is 1. The summed E-state index contributed by atoms with van der Waals surface area (Å²) in [5.41, 5.74) is 2.70. The minimum atomic E-state index is -0.346. The number of β-lactam (4-membered cyclic amide) rings is 1. The summed E-state index contributed by atoms with van der Waals surface area (Å²) in [6.07, 6.45) is 0.866. The molecule has 0 spiro atoms. The van der Waals surface area contributed by atoms with Crippen molar-refractivity contribution in [1.29, 1.82) is 0 Å². The molecule has 3 aromatic carbocycles. The van der Waals surface area contributed by atoms with Crippen molar-refractivity contribution in [3.05, 3.63) is 95.8 Å². The van der Waals surface area contributed by atoms with Gasteiger partial charge in [0.15, 0.2) is 0 Å². The van der Waals surface area contributed by atoms with Gasteiger partial charge in [-0.15, -0.1) is 0 Å². The Hall–Kier alpha value is -3.47. The normalized spacial score (nSPS) is 17.9. The highest BCUT2D eigenvalue weighted by Gasteiger charge is 2.48. The van der Waals surface area contributed by atoms with Crippen molar-refractivity contribution in [3.8, 4) is 5.75 Å². The highest BCUT2D eigenvalue weighted by atomic mass is 19.1. The number of nitrogens with zero attached hydrogens (tertiary/aromatic N) is 1. The first-order valence-corrected chi connectivity index (χ1v) is 10.4. The molecule has 0 unspecified atom stereocenters. The number of ketones is 1. The second-order valence-electron chi connectivity index (χ2n) is 7.82. The number of anilines is 1. The number of ether oxygens (including phenoxy) is 1. The van der Waals surface area contributed by atoms with Crippen LogP contribution in [0.15, 0.2) is 78.9 Å². The zero-order valence-corrected chi connectivity index (χ0v) is 17.3. The summed E-state index contributed by atoms with van der Waals surface area (Å²) >= 11 is 0.